The number of carboxylic acid groups (broad SMARTS) is 2. The molecule has 2 aromatic carbocycles. The minimum Gasteiger partial charge on any atom is -0.481 e. The van der Waals surface area contributed by atoms with Crippen LogP contribution in [0, 0.1) is 0 Å². The summed E-state index contributed by atoms with van der Waals surface area (Å²) in [6, 6.07) is 7.80. The number of rotatable bonds is 8. The lowest BCUT2D eigenvalue weighted by molar-refractivity contribution is -0.275. The molecular weight excluding hydrogens is 438 g/mol. The van der Waals surface area contributed by atoms with E-state index in [1.165, 1.54) is 0 Å². The summed E-state index contributed by atoms with van der Waals surface area (Å²) in [5.74, 6) is -6.83. The average molecular weight is 452 g/mol. The molecule has 0 bridgehead atoms. The molecule has 0 aliphatic carbocycles. The van der Waals surface area contributed by atoms with E-state index < -0.39 is 54.4 Å². The molecule has 2 unspecified atom stereocenters. The Kier molecular flexibility index (Phi) is 7.03. The molecule has 2 atom stereocenters. The van der Waals surface area contributed by atoms with Gasteiger partial charge in [0.25, 0.3) is 0 Å². The number of carboxylic acids is 2. The van der Waals surface area contributed by atoms with E-state index in [0.29, 0.717) is 0 Å². The second-order valence-corrected chi connectivity index (χ2v) is 6.25. The van der Waals surface area contributed by atoms with Crippen LogP contribution >= 0.6 is 0 Å². The zero-order valence-electron chi connectivity index (χ0n) is 15.3. The minimum absolute atomic E-state index is 0.0242. The quantitative estimate of drug-likeness (QED) is 0.553. The lowest BCUT2D eigenvalue weighted by Crippen LogP contribution is -2.23. The van der Waals surface area contributed by atoms with Gasteiger partial charge in [-0.3, -0.25) is 9.59 Å². The first-order chi connectivity index (χ1) is 14.2. The van der Waals surface area contributed by atoms with Crippen LogP contribution in [-0.2, 0) is 9.59 Å². The molecule has 0 aliphatic rings. The lowest BCUT2D eigenvalue weighted by atomic mass is 9.79. The van der Waals surface area contributed by atoms with Crippen LogP contribution in [0.5, 0.6) is 11.5 Å². The molecule has 0 saturated heterocycles. The monoisotopic (exact) mass is 452 g/mol. The van der Waals surface area contributed by atoms with Crippen molar-refractivity contribution in [2.75, 3.05) is 0 Å². The summed E-state index contributed by atoms with van der Waals surface area (Å²) in [7, 11) is 0. The Morgan fingerprint density at radius 3 is 1.45 bits per heavy atom. The molecular formula is C19H14F6O6. The van der Waals surface area contributed by atoms with Crippen molar-refractivity contribution in [2.45, 2.75) is 31.0 Å². The predicted molar refractivity (Wildman–Crippen MR) is 91.6 cm³/mol. The van der Waals surface area contributed by atoms with E-state index in [1.54, 1.807) is 0 Å². The normalized spacial score (nSPS) is 13.9. The number of hydrogen-bond acceptors (Lipinski definition) is 4. The third kappa shape index (κ3) is 7.39. The van der Waals surface area contributed by atoms with E-state index in [0.717, 1.165) is 48.5 Å². The summed E-state index contributed by atoms with van der Waals surface area (Å²) >= 11 is 0. The first kappa shape index (κ1) is 23.8. The summed E-state index contributed by atoms with van der Waals surface area (Å²) in [5, 5.41) is 18.8. The van der Waals surface area contributed by atoms with Crippen LogP contribution < -0.4 is 9.47 Å². The van der Waals surface area contributed by atoms with Gasteiger partial charge in [0, 0.05) is 5.92 Å². The van der Waals surface area contributed by atoms with Gasteiger partial charge in [0.05, 0.1) is 12.3 Å². The molecule has 0 fully saturated rings. The van der Waals surface area contributed by atoms with Gasteiger partial charge in [-0.2, -0.15) is 0 Å². The van der Waals surface area contributed by atoms with Gasteiger partial charge < -0.3 is 19.7 Å². The maximum atomic E-state index is 12.3. The van der Waals surface area contributed by atoms with E-state index in [-0.39, 0.29) is 11.1 Å². The average Bonchev–Trinajstić information content (AvgIpc) is 2.60. The van der Waals surface area contributed by atoms with Gasteiger partial charge in [0.15, 0.2) is 0 Å². The first-order valence-electron chi connectivity index (χ1n) is 8.41. The molecule has 0 aromatic heterocycles. The number of hydrogen-bond donors (Lipinski definition) is 2. The molecule has 31 heavy (non-hydrogen) atoms. The molecule has 2 rings (SSSR count). The van der Waals surface area contributed by atoms with E-state index in [4.69, 9.17) is 0 Å². The summed E-state index contributed by atoms with van der Waals surface area (Å²) in [5.41, 5.74) is 0.0591. The summed E-state index contributed by atoms with van der Waals surface area (Å²) in [6.45, 7) is 0. The van der Waals surface area contributed by atoms with Gasteiger partial charge >= 0.3 is 24.7 Å². The van der Waals surface area contributed by atoms with Crippen LogP contribution in [0.15, 0.2) is 48.5 Å². The van der Waals surface area contributed by atoms with E-state index in [1.807, 2.05) is 0 Å². The second-order valence-electron chi connectivity index (χ2n) is 6.25. The van der Waals surface area contributed by atoms with Crippen LogP contribution in [0.3, 0.4) is 0 Å². The van der Waals surface area contributed by atoms with Crippen LogP contribution in [0.1, 0.15) is 29.4 Å². The Balaban J connectivity index is 2.39. The van der Waals surface area contributed by atoms with Crippen LogP contribution in [0.2, 0.25) is 0 Å². The fourth-order valence-corrected chi connectivity index (χ4v) is 2.96. The molecule has 6 nitrogen and oxygen atoms in total. The number of carbonyl (C=O) groups is 2. The third-order valence-corrected chi connectivity index (χ3v) is 4.08. The van der Waals surface area contributed by atoms with Gasteiger partial charge in [-0.1, -0.05) is 24.3 Å². The van der Waals surface area contributed by atoms with E-state index in [9.17, 15) is 46.1 Å². The summed E-state index contributed by atoms with van der Waals surface area (Å²) in [6.07, 6.45) is -10.6. The third-order valence-electron chi connectivity index (χ3n) is 4.08. The minimum atomic E-state index is -4.96. The predicted octanol–water partition coefficient (Wildman–Crippen LogP) is 4.91. The second kappa shape index (κ2) is 9.14. The number of ether oxygens (including phenoxy) is 2. The van der Waals surface area contributed by atoms with Gasteiger partial charge in [0.2, 0.25) is 0 Å². The Bertz CT molecular complexity index is 905. The maximum Gasteiger partial charge on any atom is 0.573 e. The van der Waals surface area contributed by atoms with Gasteiger partial charge in [-0.05, 0) is 35.4 Å². The van der Waals surface area contributed by atoms with Crippen molar-refractivity contribution < 1.29 is 55.6 Å². The Morgan fingerprint density at radius 2 is 1.13 bits per heavy atom. The Morgan fingerprint density at radius 1 is 0.742 bits per heavy atom. The number of aliphatic carboxylic acids is 2. The topological polar surface area (TPSA) is 93.1 Å². The number of alkyl halides is 6. The van der Waals surface area contributed by atoms with E-state index >= 15 is 0 Å². The smallest absolute Gasteiger partial charge is 0.481 e. The molecule has 12 heteroatoms. The lowest BCUT2D eigenvalue weighted by Gasteiger charge is -2.24. The molecule has 2 aromatic rings. The van der Waals surface area contributed by atoms with Crippen molar-refractivity contribution in [3.63, 3.8) is 0 Å². The van der Waals surface area contributed by atoms with Crippen LogP contribution in [0.4, 0.5) is 26.3 Å². The van der Waals surface area contributed by atoms with E-state index in [2.05, 4.69) is 9.47 Å². The van der Waals surface area contributed by atoms with Crippen molar-refractivity contribution in [3.8, 4) is 11.5 Å². The molecule has 0 saturated carbocycles. The van der Waals surface area contributed by atoms with Gasteiger partial charge in [0.1, 0.15) is 11.5 Å². The van der Waals surface area contributed by atoms with Crippen LogP contribution in [0.25, 0.3) is 0 Å². The largest absolute Gasteiger partial charge is 0.573 e. The molecule has 0 radical (unpaired) electrons. The van der Waals surface area contributed by atoms with Crippen molar-refractivity contribution in [1.29, 1.82) is 0 Å². The van der Waals surface area contributed by atoms with Crippen molar-refractivity contribution in [1.82, 2.24) is 0 Å². The van der Waals surface area contributed by atoms with Gasteiger partial charge in [-0.15, -0.1) is 26.3 Å². The standard InChI is InChI=1S/C19H14F6O6/c20-18(21,22)30-12-5-1-10(2-6-12)14(9-15(26)27)16(17(28)29)11-3-7-13(8-4-11)31-19(23,24)25/h1-8,14,16H,9H2,(H,26,27)(H,28,29). The molecule has 2 N–H and O–H groups in total. The highest BCUT2D eigenvalue weighted by molar-refractivity contribution is 5.79. The Hall–Kier alpha value is -3.44. The molecule has 0 spiro atoms. The van der Waals surface area contributed by atoms with Gasteiger partial charge in [-0.25, -0.2) is 0 Å². The first-order valence-corrected chi connectivity index (χ1v) is 8.41. The summed E-state index contributed by atoms with van der Waals surface area (Å²) in [4.78, 5) is 23.2. The molecule has 0 amide bonds. The number of benzene rings is 2. The zero-order chi connectivity index (χ0) is 23.4. The fourth-order valence-electron chi connectivity index (χ4n) is 2.96. The van der Waals surface area contributed by atoms with Crippen molar-refractivity contribution >= 4 is 11.9 Å². The molecule has 168 valence electrons. The Labute approximate surface area is 170 Å². The number of halogens is 6. The van der Waals surface area contributed by atoms with Crippen molar-refractivity contribution in [2.24, 2.45) is 0 Å². The van der Waals surface area contributed by atoms with Crippen LogP contribution in [-0.4, -0.2) is 34.9 Å². The molecule has 0 aliphatic heterocycles. The van der Waals surface area contributed by atoms with Crippen molar-refractivity contribution in [3.05, 3.63) is 59.7 Å². The highest BCUT2D eigenvalue weighted by atomic mass is 19.4. The molecule has 0 heterocycles. The highest BCUT2D eigenvalue weighted by Crippen LogP contribution is 2.38. The fraction of sp³-hybridized carbons (Fsp3) is 0.263. The zero-order valence-corrected chi connectivity index (χ0v) is 15.3. The SMILES string of the molecule is O=C(O)CC(c1ccc(OC(F)(F)F)cc1)C(C(=O)O)c1ccc(OC(F)(F)F)cc1. The maximum absolute atomic E-state index is 12.3. The summed E-state index contributed by atoms with van der Waals surface area (Å²) < 4.78 is 81.2. The highest BCUT2D eigenvalue weighted by Gasteiger charge is 2.35.